The SMILES string of the molecule is CCCCCCCCN1C(=O)c2c(C)sc(-c3cc4c(s3)-c3sc(-c5sc(-c6cc7c(s6)-c6sc(C)cc6[Si]7(c6ccc(CCCC)s6)c6ccc(CCCC)s6)c6c5C(=O)N(CCCCCCCC)C6=O)cc3[Si]4(CC(CC)CCCC)CC(CC)CCCC)c2C1=O. The lowest BCUT2D eigenvalue weighted by Crippen LogP contribution is -2.71. The van der Waals surface area contributed by atoms with Crippen molar-refractivity contribution in [2.24, 2.45) is 11.8 Å². The van der Waals surface area contributed by atoms with Crippen LogP contribution in [-0.2, 0) is 12.8 Å². The van der Waals surface area contributed by atoms with Crippen LogP contribution in [0.15, 0.2) is 48.5 Å². The molecular weight excluding hydrogens is 1340 g/mol. The van der Waals surface area contributed by atoms with Gasteiger partial charge in [0.05, 0.1) is 36.9 Å². The van der Waals surface area contributed by atoms with Gasteiger partial charge in [0.25, 0.3) is 23.6 Å². The van der Waals surface area contributed by atoms with Gasteiger partial charge in [0.2, 0.25) is 8.07 Å². The van der Waals surface area contributed by atoms with Gasteiger partial charge in [-0.2, -0.15) is 0 Å². The van der Waals surface area contributed by atoms with E-state index in [1.54, 1.807) is 32.5 Å². The molecule has 0 saturated carbocycles. The Hall–Kier alpha value is -3.69. The van der Waals surface area contributed by atoms with E-state index in [0.29, 0.717) is 47.2 Å². The Kier molecular flexibility index (Phi) is 23.0. The Balaban J connectivity index is 1.03. The zero-order chi connectivity index (χ0) is 66.0. The number of aryl methyl sites for hydroxylation is 4. The minimum absolute atomic E-state index is 0.117. The number of rotatable bonds is 37. The van der Waals surface area contributed by atoms with Crippen molar-refractivity contribution in [2.75, 3.05) is 13.1 Å². The van der Waals surface area contributed by atoms with Gasteiger partial charge in [-0.3, -0.25) is 29.0 Å². The first-order chi connectivity index (χ1) is 45.7. The van der Waals surface area contributed by atoms with Crippen molar-refractivity contribution >= 4 is 160 Å². The third kappa shape index (κ3) is 12.9. The fourth-order valence-electron chi connectivity index (χ4n) is 16.0. The summed E-state index contributed by atoms with van der Waals surface area (Å²) in [6, 6.07) is 22.4. The van der Waals surface area contributed by atoms with E-state index >= 15 is 9.59 Å². The molecule has 0 radical (unpaired) electrons. The predicted octanol–water partition coefficient (Wildman–Crippen LogP) is 21.7. The number of nitrogens with zero attached hydrogens (tertiary/aromatic N) is 2. The second-order valence-corrected chi connectivity index (χ2v) is 45.2. The van der Waals surface area contributed by atoms with Gasteiger partial charge in [0.15, 0.2) is 0 Å². The van der Waals surface area contributed by atoms with Crippen LogP contribution in [0.25, 0.3) is 48.8 Å². The van der Waals surface area contributed by atoms with Crippen LogP contribution in [0.1, 0.15) is 270 Å². The van der Waals surface area contributed by atoms with E-state index in [2.05, 4.69) is 134 Å². The predicted molar refractivity (Wildman–Crippen MR) is 419 cm³/mol. The van der Waals surface area contributed by atoms with Gasteiger partial charge in [-0.25, -0.2) is 0 Å². The molecule has 4 aliphatic heterocycles. The summed E-state index contributed by atoms with van der Waals surface area (Å²) in [5.74, 6) is 0.657. The Morgan fingerprint density at radius 3 is 1.21 bits per heavy atom. The number of hydrogen-bond acceptors (Lipinski definition) is 12. The van der Waals surface area contributed by atoms with Crippen molar-refractivity contribution in [1.82, 2.24) is 9.80 Å². The van der Waals surface area contributed by atoms with E-state index in [4.69, 9.17) is 0 Å². The van der Waals surface area contributed by atoms with Crippen molar-refractivity contribution in [2.45, 2.75) is 248 Å². The van der Waals surface area contributed by atoms with Crippen LogP contribution >= 0.6 is 90.7 Å². The molecule has 0 saturated heterocycles. The minimum Gasteiger partial charge on any atom is -0.274 e. The molecule has 2 atom stereocenters. The van der Waals surface area contributed by atoms with E-state index in [9.17, 15) is 9.59 Å². The number of carbonyl (C=O) groups is 4. The average molecular weight is 1440 g/mol. The lowest BCUT2D eigenvalue weighted by molar-refractivity contribution is 0.0636. The van der Waals surface area contributed by atoms with E-state index in [1.165, 1.54) is 179 Å². The zero-order valence-corrected chi connectivity index (χ0v) is 66.3. The third-order valence-corrected chi connectivity index (χ3v) is 43.6. The van der Waals surface area contributed by atoms with Crippen molar-refractivity contribution in [3.8, 4) is 48.8 Å². The van der Waals surface area contributed by atoms with Crippen LogP contribution in [0.3, 0.4) is 0 Å². The number of imide groups is 2. The summed E-state index contributed by atoms with van der Waals surface area (Å²) in [6.45, 7) is 23.8. The van der Waals surface area contributed by atoms with E-state index in [1.807, 2.05) is 52.3 Å². The third-order valence-electron chi connectivity index (χ3n) is 21.3. The lowest BCUT2D eigenvalue weighted by Gasteiger charge is -2.35. The van der Waals surface area contributed by atoms with E-state index in [-0.39, 0.29) is 23.6 Å². The highest BCUT2D eigenvalue weighted by Gasteiger charge is 2.55. The van der Waals surface area contributed by atoms with Crippen LogP contribution in [0, 0.1) is 25.7 Å². The number of thiophene rings is 8. The molecule has 12 heterocycles. The van der Waals surface area contributed by atoms with Gasteiger partial charge in [-0.1, -0.05) is 196 Å². The summed E-state index contributed by atoms with van der Waals surface area (Å²) < 4.78 is 3.03. The Morgan fingerprint density at radius 1 is 0.372 bits per heavy atom. The van der Waals surface area contributed by atoms with E-state index < -0.39 is 16.1 Å². The van der Waals surface area contributed by atoms with Crippen LogP contribution in [0.2, 0.25) is 12.1 Å². The first-order valence-electron chi connectivity index (χ1n) is 36.5. The highest BCUT2D eigenvalue weighted by molar-refractivity contribution is 7.47. The molecule has 0 bridgehead atoms. The molecule has 4 amide bonds. The average Bonchev–Trinajstić information content (AvgIpc) is 1.53. The highest BCUT2D eigenvalue weighted by atomic mass is 32.1. The van der Waals surface area contributed by atoms with Crippen molar-refractivity contribution in [3.05, 3.63) is 90.3 Å². The molecular formula is C78H100N2O4S8Si2. The van der Waals surface area contributed by atoms with Crippen molar-refractivity contribution < 1.29 is 19.2 Å². The maximum Gasteiger partial charge on any atom is 0.263 e. The summed E-state index contributed by atoms with van der Waals surface area (Å²) in [5, 5.41) is 6.07. The molecule has 4 aliphatic rings. The topological polar surface area (TPSA) is 74.8 Å². The van der Waals surface area contributed by atoms with Gasteiger partial charge in [0.1, 0.15) is 8.07 Å². The second-order valence-electron chi connectivity index (χ2n) is 27.8. The van der Waals surface area contributed by atoms with Gasteiger partial charge in [-0.05, 0) is 133 Å². The van der Waals surface area contributed by atoms with Gasteiger partial charge in [-0.15, -0.1) is 90.7 Å². The van der Waals surface area contributed by atoms with Gasteiger partial charge in [0, 0.05) is 75.7 Å². The van der Waals surface area contributed by atoms with Gasteiger partial charge >= 0.3 is 0 Å². The number of amides is 4. The number of hydrogen-bond donors (Lipinski definition) is 0. The van der Waals surface area contributed by atoms with Crippen LogP contribution in [0.4, 0.5) is 0 Å². The molecule has 0 fully saturated rings. The fraction of sp³-hybridized carbons (Fsp3) is 0.538. The Bertz CT molecular complexity index is 3960. The second kappa shape index (κ2) is 30.8. The molecule has 8 aromatic rings. The summed E-state index contributed by atoms with van der Waals surface area (Å²) in [5.41, 5.74) is 2.50. The molecule has 502 valence electrons. The van der Waals surface area contributed by atoms with Crippen LogP contribution in [-0.4, -0.2) is 62.7 Å². The molecule has 0 N–H and O–H groups in total. The number of unbranched alkanes of at least 4 members (excludes halogenated alkanes) is 14. The summed E-state index contributed by atoms with van der Waals surface area (Å²) >= 11 is 15.1. The first kappa shape index (κ1) is 70.2. The lowest BCUT2D eigenvalue weighted by atomic mass is 10.0. The summed E-state index contributed by atoms with van der Waals surface area (Å²) in [4.78, 5) is 80.8. The van der Waals surface area contributed by atoms with Crippen molar-refractivity contribution in [1.29, 1.82) is 0 Å². The maximum atomic E-state index is 15.7. The maximum absolute atomic E-state index is 15.7. The van der Waals surface area contributed by atoms with E-state index in [0.717, 1.165) is 98.3 Å². The fourth-order valence-corrected chi connectivity index (χ4v) is 42.7. The smallest absolute Gasteiger partial charge is 0.263 e. The van der Waals surface area contributed by atoms with Crippen molar-refractivity contribution in [3.63, 3.8) is 0 Å². The standard InChI is InChI=1S/C78H100N2O4S8Si2/c1-11-19-25-27-29-31-41-79-75(81)64-50(10)86-68(65(64)76(79)82)55-44-58-71(89-55)72-59(93(58,47-51(17-7)33-21-13-3)48-52(18-8)34-22-14-4)45-56(90-72)69-66-67(78(84)80(77(66)83)42-32-30-28-26-20-12-2)70(92-69)57-46-61-74(91-57)73-60(43-49(9)85-73)94(61,62-39-37-53(87-62)35-23-15-5)63-40-38-54(88-63)36-24-16-6/h37-40,43-46,51-52H,11-36,41-42,47-48H2,1-10H3. The number of fused-ring (bicyclic) bond motifs is 8. The molecule has 94 heavy (non-hydrogen) atoms. The zero-order valence-electron chi connectivity index (χ0n) is 57.8. The highest BCUT2D eigenvalue weighted by Crippen LogP contribution is 2.56. The molecule has 6 nitrogen and oxygen atoms in total. The Morgan fingerprint density at radius 2 is 0.755 bits per heavy atom. The molecule has 8 aromatic heterocycles. The van der Waals surface area contributed by atoms with Gasteiger partial charge < -0.3 is 0 Å². The van der Waals surface area contributed by atoms with Crippen LogP contribution in [0.5, 0.6) is 0 Å². The molecule has 12 rings (SSSR count). The molecule has 0 aromatic carbocycles. The quantitative estimate of drug-likeness (QED) is 0.0221. The monoisotopic (exact) mass is 1440 g/mol. The van der Waals surface area contributed by atoms with Crippen LogP contribution < -0.4 is 29.7 Å². The normalized spacial score (nSPS) is 16.7. The largest absolute Gasteiger partial charge is 0.274 e. The number of carbonyl (C=O) groups excluding carboxylic acids is 4. The Labute approximate surface area is 596 Å². The molecule has 16 heteroatoms. The summed E-state index contributed by atoms with van der Waals surface area (Å²) in [7, 11) is -5.42. The molecule has 0 aliphatic carbocycles. The minimum atomic E-state index is -2.79. The summed E-state index contributed by atoms with van der Waals surface area (Å²) in [6.07, 6.45) is 29.5. The molecule has 2 unspecified atom stereocenters. The first-order valence-corrected chi connectivity index (χ1v) is 47.5. The molecule has 0 spiro atoms.